The van der Waals surface area contributed by atoms with Crippen molar-refractivity contribution in [3.8, 4) is 5.75 Å². The molecular weight excluding hydrogens is 689 g/mol. The van der Waals surface area contributed by atoms with Crippen LogP contribution in [-0.4, -0.2) is 110 Å². The Morgan fingerprint density at radius 1 is 1.00 bits per heavy atom. The third-order valence-electron chi connectivity index (χ3n) is 9.55. The van der Waals surface area contributed by atoms with E-state index in [1.54, 1.807) is 54.4 Å². The van der Waals surface area contributed by atoms with Gasteiger partial charge in [-0.15, -0.1) is 0 Å². The van der Waals surface area contributed by atoms with E-state index in [9.17, 15) is 23.7 Å². The van der Waals surface area contributed by atoms with Gasteiger partial charge in [-0.3, -0.25) is 28.6 Å². The number of hydrogen-bond donors (Lipinski definition) is 6. The molecule has 2 aliphatic heterocycles. The molecule has 0 spiro atoms. The first kappa shape index (κ1) is 38.7. The molecule has 3 aromatic rings. The first-order valence-electron chi connectivity index (χ1n) is 17.5. The van der Waals surface area contributed by atoms with E-state index in [0.29, 0.717) is 57.2 Å². The molecule has 0 aliphatic carbocycles. The number of likely N-dealkylation sites (N-methyl/N-ethyl adjacent to an activating group) is 1. The number of nitrogens with zero attached hydrogens (tertiary/aromatic N) is 3. The Morgan fingerprint density at radius 3 is 2.42 bits per heavy atom. The summed E-state index contributed by atoms with van der Waals surface area (Å²) in [5.41, 5.74) is 2.55. The van der Waals surface area contributed by atoms with Gasteiger partial charge < -0.3 is 40.4 Å². The lowest BCUT2D eigenvalue weighted by Crippen LogP contribution is -2.58. The summed E-state index contributed by atoms with van der Waals surface area (Å²) in [5.74, 6) is -1.11. The molecule has 52 heavy (non-hydrogen) atoms. The van der Waals surface area contributed by atoms with E-state index in [2.05, 4.69) is 25.9 Å². The fraction of sp³-hybridized carbons (Fsp3) is 0.472. The number of rotatable bonds is 16. The molecule has 0 saturated carbocycles. The molecule has 15 nitrogen and oxygen atoms in total. The molecule has 280 valence electrons. The molecule has 2 fully saturated rings. The van der Waals surface area contributed by atoms with Crippen LogP contribution in [0, 0.1) is 0 Å². The summed E-state index contributed by atoms with van der Waals surface area (Å²) < 4.78 is 16.3. The number of aromatic amines is 1. The SMILES string of the molecule is CN(C)[C@@H](Cc1ccc(OCP(=O)(O)O)cc1)C(=O)N[C@H]1CCCC2CC[C@@H](C(=O)N[C@@H](Cc3cnc[nH]3)C(=O)NCCc3ccccc3)N2C1=O. The Kier molecular flexibility index (Phi) is 13.2. The Bertz CT molecular complexity index is 1700. The molecule has 2 saturated heterocycles. The first-order chi connectivity index (χ1) is 24.9. The monoisotopic (exact) mass is 737 g/mol. The molecule has 5 rings (SSSR count). The lowest BCUT2D eigenvalue weighted by Gasteiger charge is -2.32. The minimum absolute atomic E-state index is 0.146. The molecule has 0 bridgehead atoms. The molecule has 1 unspecified atom stereocenters. The lowest BCUT2D eigenvalue weighted by atomic mass is 10.0. The highest BCUT2D eigenvalue weighted by Gasteiger charge is 2.45. The molecule has 5 atom stereocenters. The van der Waals surface area contributed by atoms with Gasteiger partial charge in [0, 0.05) is 30.9 Å². The third-order valence-corrected chi connectivity index (χ3v) is 10.0. The zero-order valence-electron chi connectivity index (χ0n) is 29.4. The van der Waals surface area contributed by atoms with Gasteiger partial charge in [0.15, 0.2) is 6.35 Å². The van der Waals surface area contributed by atoms with Crippen LogP contribution in [0.4, 0.5) is 0 Å². The van der Waals surface area contributed by atoms with Crippen LogP contribution in [0.5, 0.6) is 5.75 Å². The smallest absolute Gasteiger partial charge is 0.362 e. The van der Waals surface area contributed by atoms with Crippen molar-refractivity contribution in [3.63, 3.8) is 0 Å². The van der Waals surface area contributed by atoms with Crippen molar-refractivity contribution < 1.29 is 38.3 Å². The maximum atomic E-state index is 14.1. The number of H-pyrrole nitrogens is 1. The molecule has 0 radical (unpaired) electrons. The topological polar surface area (TPSA) is 206 Å². The summed E-state index contributed by atoms with van der Waals surface area (Å²) >= 11 is 0. The van der Waals surface area contributed by atoms with Crippen LogP contribution in [0.3, 0.4) is 0 Å². The largest absolute Gasteiger partial charge is 0.481 e. The predicted octanol–water partition coefficient (Wildman–Crippen LogP) is 1.51. The predicted molar refractivity (Wildman–Crippen MR) is 192 cm³/mol. The normalized spacial score (nSPS) is 20.1. The second kappa shape index (κ2) is 17.8. The van der Waals surface area contributed by atoms with Crippen LogP contribution < -0.4 is 20.7 Å². The van der Waals surface area contributed by atoms with Gasteiger partial charge in [-0.25, -0.2) is 4.98 Å². The van der Waals surface area contributed by atoms with Gasteiger partial charge in [-0.05, 0) is 82.3 Å². The number of benzene rings is 2. The minimum Gasteiger partial charge on any atom is -0.481 e. The van der Waals surface area contributed by atoms with E-state index in [-0.39, 0.29) is 35.9 Å². The van der Waals surface area contributed by atoms with Crippen molar-refractivity contribution in [3.05, 3.63) is 83.9 Å². The van der Waals surface area contributed by atoms with Crippen molar-refractivity contribution in [2.75, 3.05) is 27.0 Å². The maximum Gasteiger partial charge on any atom is 0.362 e. The van der Waals surface area contributed by atoms with Crippen LogP contribution >= 0.6 is 7.60 Å². The summed E-state index contributed by atoms with van der Waals surface area (Å²) in [7, 11) is -0.785. The molecule has 16 heteroatoms. The first-order valence-corrected chi connectivity index (χ1v) is 19.3. The Labute approximate surface area is 303 Å². The number of carbonyl (C=O) groups excluding carboxylic acids is 4. The maximum absolute atomic E-state index is 14.1. The summed E-state index contributed by atoms with van der Waals surface area (Å²) in [4.78, 5) is 83.6. The molecular formula is C36H48N7O8P. The van der Waals surface area contributed by atoms with Gasteiger partial charge >= 0.3 is 7.60 Å². The fourth-order valence-electron chi connectivity index (χ4n) is 6.82. The molecule has 6 N–H and O–H groups in total. The number of ether oxygens (including phenoxy) is 1. The lowest BCUT2D eigenvalue weighted by molar-refractivity contribution is -0.143. The van der Waals surface area contributed by atoms with Crippen molar-refractivity contribution >= 4 is 31.2 Å². The highest BCUT2D eigenvalue weighted by atomic mass is 31.2. The average Bonchev–Trinajstić information content (AvgIpc) is 3.76. The van der Waals surface area contributed by atoms with Gasteiger partial charge in [0.1, 0.15) is 23.9 Å². The van der Waals surface area contributed by atoms with Gasteiger partial charge in [0.05, 0.1) is 12.4 Å². The number of nitrogens with one attached hydrogen (secondary N) is 4. The number of imidazole rings is 1. The Balaban J connectivity index is 1.22. The summed E-state index contributed by atoms with van der Waals surface area (Å²) in [6.45, 7) is 0.392. The number of fused-ring (bicyclic) bond motifs is 1. The van der Waals surface area contributed by atoms with E-state index in [0.717, 1.165) is 11.1 Å². The van der Waals surface area contributed by atoms with E-state index in [1.807, 2.05) is 30.3 Å². The van der Waals surface area contributed by atoms with Crippen LogP contribution in [0.25, 0.3) is 0 Å². The van der Waals surface area contributed by atoms with Gasteiger partial charge in [0.25, 0.3) is 0 Å². The molecule has 3 heterocycles. The average molecular weight is 738 g/mol. The highest BCUT2D eigenvalue weighted by Crippen LogP contribution is 2.35. The van der Waals surface area contributed by atoms with Crippen molar-refractivity contribution in [2.45, 2.75) is 81.6 Å². The fourth-order valence-corrected chi connectivity index (χ4v) is 7.14. The zero-order chi connectivity index (χ0) is 37.3. The number of hydrogen-bond acceptors (Lipinski definition) is 8. The molecule has 2 aliphatic rings. The van der Waals surface area contributed by atoms with Crippen LogP contribution in [-0.2, 0) is 43.0 Å². The minimum atomic E-state index is -4.32. The van der Waals surface area contributed by atoms with Crippen molar-refractivity contribution in [1.29, 1.82) is 0 Å². The van der Waals surface area contributed by atoms with Crippen LogP contribution in [0.1, 0.15) is 48.9 Å². The van der Waals surface area contributed by atoms with Gasteiger partial charge in [-0.1, -0.05) is 42.5 Å². The second-order valence-electron chi connectivity index (χ2n) is 13.6. The van der Waals surface area contributed by atoms with Crippen LogP contribution in [0.2, 0.25) is 0 Å². The zero-order valence-corrected chi connectivity index (χ0v) is 30.3. The van der Waals surface area contributed by atoms with E-state index >= 15 is 0 Å². The third kappa shape index (κ3) is 10.7. The van der Waals surface area contributed by atoms with Crippen molar-refractivity contribution in [2.24, 2.45) is 0 Å². The molecule has 2 aromatic carbocycles. The second-order valence-corrected chi connectivity index (χ2v) is 15.2. The Hall–Kier alpha value is -4.56. The summed E-state index contributed by atoms with van der Waals surface area (Å²) in [6.07, 6.45) is 6.44. The number of amides is 4. The summed E-state index contributed by atoms with van der Waals surface area (Å²) in [5, 5.41) is 8.83. The number of aromatic nitrogens is 2. The molecule has 4 amide bonds. The standard InChI is InChI=1S/C36H48N7O8P/c1-42(2)32(19-25-11-14-28(15-12-25)51-23-52(48,49)50)35(46)40-29-10-6-9-27-13-16-31(43(27)36(29)47)34(45)41-30(20-26-21-37-22-39-26)33(44)38-18-17-24-7-4-3-5-8-24/h3-5,7-8,11-12,14-15,21-22,27,29-32H,6,9-10,13,16-20,23H2,1-2H3,(H,37,39)(H,38,44)(H,40,46)(H,41,45)(H2,48,49,50)/t27?,29-,30-,31-,32-/m0/s1. The van der Waals surface area contributed by atoms with Crippen LogP contribution in [0.15, 0.2) is 67.1 Å². The van der Waals surface area contributed by atoms with Crippen molar-refractivity contribution in [1.82, 2.24) is 35.7 Å². The highest BCUT2D eigenvalue weighted by molar-refractivity contribution is 7.51. The molecule has 1 aromatic heterocycles. The Morgan fingerprint density at radius 2 is 1.75 bits per heavy atom. The van der Waals surface area contributed by atoms with E-state index < -0.39 is 44.0 Å². The van der Waals surface area contributed by atoms with E-state index in [1.165, 1.54) is 6.33 Å². The van der Waals surface area contributed by atoms with Gasteiger partial charge in [-0.2, -0.15) is 0 Å². The quantitative estimate of drug-likeness (QED) is 0.117. The van der Waals surface area contributed by atoms with E-state index in [4.69, 9.17) is 14.5 Å². The number of carbonyl (C=O) groups is 4. The van der Waals surface area contributed by atoms with Gasteiger partial charge in [0.2, 0.25) is 23.6 Å². The summed E-state index contributed by atoms with van der Waals surface area (Å²) in [6, 6.07) is 13.1.